The molecule has 8 heteroatoms. The monoisotopic (exact) mass is 449 g/mol. The van der Waals surface area contributed by atoms with Gasteiger partial charge in [0.2, 0.25) is 10.0 Å². The Labute approximate surface area is 186 Å². The van der Waals surface area contributed by atoms with E-state index in [1.165, 1.54) is 6.07 Å². The molecule has 2 aliphatic rings. The first-order valence-electron chi connectivity index (χ1n) is 10.6. The van der Waals surface area contributed by atoms with Crippen LogP contribution in [0.4, 0.5) is 5.69 Å². The van der Waals surface area contributed by atoms with Crippen molar-refractivity contribution in [2.45, 2.75) is 24.3 Å². The number of amides is 2. The summed E-state index contributed by atoms with van der Waals surface area (Å²) in [6.07, 6.45) is 0.714. The maximum absolute atomic E-state index is 13.3. The van der Waals surface area contributed by atoms with Crippen molar-refractivity contribution >= 4 is 38.3 Å². The van der Waals surface area contributed by atoms with Crippen molar-refractivity contribution in [1.29, 1.82) is 0 Å². The van der Waals surface area contributed by atoms with Crippen molar-refractivity contribution in [3.05, 3.63) is 71.8 Å². The molecule has 32 heavy (non-hydrogen) atoms. The number of nitrogens with zero attached hydrogens (tertiary/aromatic N) is 1. The van der Waals surface area contributed by atoms with E-state index >= 15 is 0 Å². The zero-order valence-corrected chi connectivity index (χ0v) is 18.4. The van der Waals surface area contributed by atoms with Crippen molar-refractivity contribution in [2.24, 2.45) is 5.92 Å². The average Bonchev–Trinajstić information content (AvgIpc) is 3.05. The molecule has 3 aromatic rings. The van der Waals surface area contributed by atoms with Gasteiger partial charge in [-0.15, -0.1) is 0 Å². The fraction of sp³-hybridized carbons (Fsp3) is 0.250. The molecule has 1 saturated heterocycles. The number of sulfonamides is 1. The largest absolute Gasteiger partial charge is 0.316 e. The van der Waals surface area contributed by atoms with Crippen LogP contribution in [-0.2, 0) is 10.0 Å². The molecule has 2 N–H and O–H groups in total. The van der Waals surface area contributed by atoms with Crippen LogP contribution >= 0.6 is 0 Å². The third-order valence-corrected chi connectivity index (χ3v) is 7.83. The minimum Gasteiger partial charge on any atom is -0.316 e. The number of hydrogen-bond donors (Lipinski definition) is 2. The Kier molecular flexibility index (Phi) is 5.08. The van der Waals surface area contributed by atoms with Crippen LogP contribution in [0.2, 0.25) is 0 Å². The summed E-state index contributed by atoms with van der Waals surface area (Å²) in [7, 11) is -3.81. The molecule has 2 aliphatic heterocycles. The second-order valence-electron chi connectivity index (χ2n) is 8.32. The van der Waals surface area contributed by atoms with Gasteiger partial charge in [0.15, 0.2) is 0 Å². The number of imide groups is 1. The topological polar surface area (TPSA) is 95.6 Å². The molecule has 0 aromatic heterocycles. The van der Waals surface area contributed by atoms with Crippen LogP contribution in [0.1, 0.15) is 34.1 Å². The summed E-state index contributed by atoms with van der Waals surface area (Å²) in [6.45, 7) is 3.53. The molecule has 7 nitrogen and oxygen atoms in total. The van der Waals surface area contributed by atoms with Crippen molar-refractivity contribution in [1.82, 2.24) is 10.0 Å². The number of nitrogens with one attached hydrogen (secondary N) is 2. The first-order chi connectivity index (χ1) is 15.4. The minimum absolute atomic E-state index is 0.138. The van der Waals surface area contributed by atoms with Crippen molar-refractivity contribution in [2.75, 3.05) is 18.0 Å². The third-order valence-electron chi connectivity index (χ3n) is 6.28. The molecule has 5 rings (SSSR count). The quantitative estimate of drug-likeness (QED) is 0.597. The molecule has 2 amide bonds. The highest BCUT2D eigenvalue weighted by molar-refractivity contribution is 7.89. The number of anilines is 1. The molecule has 0 radical (unpaired) electrons. The number of piperidine rings is 1. The van der Waals surface area contributed by atoms with E-state index in [-0.39, 0.29) is 16.9 Å². The van der Waals surface area contributed by atoms with Crippen molar-refractivity contribution < 1.29 is 18.0 Å². The predicted molar refractivity (Wildman–Crippen MR) is 122 cm³/mol. The first kappa shape index (κ1) is 20.8. The van der Waals surface area contributed by atoms with Crippen LogP contribution in [0, 0.1) is 5.92 Å². The normalized spacial score (nSPS) is 21.2. The fourth-order valence-electron chi connectivity index (χ4n) is 4.54. The Hall–Kier alpha value is -3.07. The number of benzene rings is 3. The van der Waals surface area contributed by atoms with Crippen LogP contribution in [0.15, 0.2) is 65.6 Å². The molecule has 0 unspecified atom stereocenters. The van der Waals surface area contributed by atoms with Gasteiger partial charge in [-0.05, 0) is 49.7 Å². The van der Waals surface area contributed by atoms with Crippen LogP contribution in [0.25, 0.3) is 10.8 Å². The van der Waals surface area contributed by atoms with E-state index in [9.17, 15) is 18.0 Å². The van der Waals surface area contributed by atoms with E-state index in [0.717, 1.165) is 18.0 Å². The molecular weight excluding hydrogens is 426 g/mol. The SMILES string of the molecule is C[C@@H]1CNCC[C@@H]1NS(=O)(=O)c1ccc(N2C(=O)c3ccccc3C2=O)c2ccccc12. The maximum atomic E-state index is 13.3. The lowest BCUT2D eigenvalue weighted by molar-refractivity contribution is 0.0926. The summed E-state index contributed by atoms with van der Waals surface area (Å²) in [6, 6.07) is 16.5. The van der Waals surface area contributed by atoms with Crippen LogP contribution in [0.5, 0.6) is 0 Å². The molecule has 3 aromatic carbocycles. The molecule has 2 heterocycles. The van der Waals surface area contributed by atoms with E-state index in [1.54, 1.807) is 54.6 Å². The molecule has 0 saturated carbocycles. The van der Waals surface area contributed by atoms with Gasteiger partial charge >= 0.3 is 0 Å². The zero-order chi connectivity index (χ0) is 22.5. The van der Waals surface area contributed by atoms with Gasteiger partial charge in [0, 0.05) is 16.8 Å². The van der Waals surface area contributed by atoms with E-state index in [2.05, 4.69) is 10.0 Å². The molecule has 0 bridgehead atoms. The number of hydrogen-bond acceptors (Lipinski definition) is 5. The van der Waals surface area contributed by atoms with E-state index in [0.29, 0.717) is 34.0 Å². The van der Waals surface area contributed by atoms with E-state index in [1.807, 2.05) is 6.92 Å². The summed E-state index contributed by atoms with van der Waals surface area (Å²) < 4.78 is 29.5. The fourth-order valence-corrected chi connectivity index (χ4v) is 6.14. The second kappa shape index (κ2) is 7.81. The Bertz CT molecular complexity index is 1320. The number of carbonyl (C=O) groups excluding carboxylic acids is 2. The molecule has 164 valence electrons. The number of carbonyl (C=O) groups is 2. The Balaban J connectivity index is 1.59. The standard InChI is InChI=1S/C24H23N3O4S/c1-15-14-25-13-12-20(15)26-32(30,31)22-11-10-21(16-6-2-3-7-17(16)22)27-23(28)18-8-4-5-9-19(18)24(27)29/h2-11,15,20,25-26H,12-14H2,1H3/t15-,20+/m1/s1. The Morgan fingerprint density at radius 2 is 1.53 bits per heavy atom. The van der Waals surface area contributed by atoms with Gasteiger partial charge in [-0.3, -0.25) is 9.59 Å². The minimum atomic E-state index is -3.81. The summed E-state index contributed by atoms with van der Waals surface area (Å²) in [5.74, 6) is -0.650. The Morgan fingerprint density at radius 3 is 2.19 bits per heavy atom. The van der Waals surface area contributed by atoms with Gasteiger partial charge < -0.3 is 5.32 Å². The van der Waals surface area contributed by atoms with Gasteiger partial charge in [-0.1, -0.05) is 43.3 Å². The highest BCUT2D eigenvalue weighted by Crippen LogP contribution is 2.36. The van der Waals surface area contributed by atoms with Gasteiger partial charge in [0.05, 0.1) is 21.7 Å². The van der Waals surface area contributed by atoms with Gasteiger partial charge in [-0.25, -0.2) is 18.0 Å². The summed E-state index contributed by atoms with van der Waals surface area (Å²) >= 11 is 0. The predicted octanol–water partition coefficient (Wildman–Crippen LogP) is 2.92. The molecule has 2 atom stereocenters. The van der Waals surface area contributed by atoms with Crippen LogP contribution in [0.3, 0.4) is 0 Å². The highest BCUT2D eigenvalue weighted by atomic mass is 32.2. The lowest BCUT2D eigenvalue weighted by Crippen LogP contribution is -2.48. The maximum Gasteiger partial charge on any atom is 0.266 e. The smallest absolute Gasteiger partial charge is 0.266 e. The summed E-state index contributed by atoms with van der Waals surface area (Å²) in [5.41, 5.74) is 1.07. The van der Waals surface area contributed by atoms with Crippen molar-refractivity contribution in [3.63, 3.8) is 0 Å². The molecular formula is C24H23N3O4S. The van der Waals surface area contributed by atoms with Crippen molar-refractivity contribution in [3.8, 4) is 0 Å². The highest BCUT2D eigenvalue weighted by Gasteiger charge is 2.37. The molecule has 0 aliphatic carbocycles. The van der Waals surface area contributed by atoms with Gasteiger partial charge in [0.1, 0.15) is 0 Å². The van der Waals surface area contributed by atoms with Crippen LogP contribution in [-0.4, -0.2) is 39.4 Å². The summed E-state index contributed by atoms with van der Waals surface area (Å²) in [5, 5.41) is 4.27. The number of rotatable bonds is 4. The lowest BCUT2D eigenvalue weighted by Gasteiger charge is -2.30. The summed E-state index contributed by atoms with van der Waals surface area (Å²) in [4.78, 5) is 27.3. The average molecular weight is 450 g/mol. The van der Waals surface area contributed by atoms with E-state index < -0.39 is 21.8 Å². The van der Waals surface area contributed by atoms with Crippen LogP contribution < -0.4 is 14.9 Å². The second-order valence-corrected chi connectivity index (χ2v) is 10.00. The zero-order valence-electron chi connectivity index (χ0n) is 17.5. The molecule has 1 fully saturated rings. The van der Waals surface area contributed by atoms with Gasteiger partial charge in [-0.2, -0.15) is 0 Å². The van der Waals surface area contributed by atoms with Gasteiger partial charge in [0.25, 0.3) is 11.8 Å². The van der Waals surface area contributed by atoms with E-state index in [4.69, 9.17) is 0 Å². The lowest BCUT2D eigenvalue weighted by atomic mass is 9.97. The third kappa shape index (κ3) is 3.31. The number of fused-ring (bicyclic) bond motifs is 2. The molecule has 0 spiro atoms. The first-order valence-corrected chi connectivity index (χ1v) is 12.1. The Morgan fingerprint density at radius 1 is 0.906 bits per heavy atom.